The molecule has 7 nitrogen and oxygen atoms in total. The fourth-order valence-electron chi connectivity index (χ4n) is 0.200. The van der Waals surface area contributed by atoms with E-state index in [0.717, 1.165) is 12.2 Å². The third-order valence-corrected chi connectivity index (χ3v) is 1.13. The number of hydrogen-bond acceptors (Lipinski definition) is 7. The third-order valence-electron chi connectivity index (χ3n) is 0.975. The molecule has 0 atom stereocenters. The van der Waals surface area contributed by atoms with Crippen LogP contribution >= 0.6 is 11.6 Å². The summed E-state index contributed by atoms with van der Waals surface area (Å²) in [6.45, 7) is 16.9. The van der Waals surface area contributed by atoms with Crippen molar-refractivity contribution in [1.82, 2.24) is 0 Å². The summed E-state index contributed by atoms with van der Waals surface area (Å²) in [5.74, 6) is -0.574. The molecule has 0 bridgehead atoms. The smallest absolute Gasteiger partial charge is 0.870 e. The minimum atomic E-state index is -0.574. The number of carbonyl (C=O) groups is 2. The van der Waals surface area contributed by atoms with Gasteiger partial charge < -0.3 is 5.48 Å². The Morgan fingerprint density at radius 3 is 1.43 bits per heavy atom. The van der Waals surface area contributed by atoms with Gasteiger partial charge in [0, 0.05) is 6.08 Å². The Labute approximate surface area is 185 Å². The summed E-state index contributed by atoms with van der Waals surface area (Å²) in [4.78, 5) is 32.8. The molecular formula is C14H26ClKO7. The van der Waals surface area contributed by atoms with E-state index in [4.69, 9.17) is 16.9 Å². The molecule has 132 valence electrons. The van der Waals surface area contributed by atoms with Gasteiger partial charge >= 0.3 is 57.4 Å². The van der Waals surface area contributed by atoms with Gasteiger partial charge in [-0.1, -0.05) is 13.2 Å². The second-order valence-electron chi connectivity index (χ2n) is 5.51. The minimum Gasteiger partial charge on any atom is -0.870 e. The summed E-state index contributed by atoms with van der Waals surface area (Å²) in [5, 5.41) is 7.39. The van der Waals surface area contributed by atoms with Crippen LogP contribution in [0.1, 0.15) is 41.5 Å². The number of allylic oxidation sites excluding steroid dienone is 1. The zero-order valence-corrected chi connectivity index (χ0v) is 18.8. The van der Waals surface area contributed by atoms with Crippen molar-refractivity contribution in [2.24, 2.45) is 0 Å². The van der Waals surface area contributed by atoms with Crippen molar-refractivity contribution in [3.63, 3.8) is 0 Å². The first-order chi connectivity index (χ1) is 9.29. The van der Waals surface area contributed by atoms with E-state index in [1.807, 2.05) is 0 Å². The van der Waals surface area contributed by atoms with Crippen LogP contribution < -0.4 is 51.4 Å². The summed E-state index contributed by atoms with van der Waals surface area (Å²) in [5.41, 5.74) is -0.862. The molecule has 0 aromatic carbocycles. The molecule has 0 unspecified atom stereocenters. The van der Waals surface area contributed by atoms with Crippen LogP contribution in [0.2, 0.25) is 0 Å². The molecule has 2 N–H and O–H groups in total. The van der Waals surface area contributed by atoms with Gasteiger partial charge in [0.05, 0.1) is 5.60 Å². The van der Waals surface area contributed by atoms with Gasteiger partial charge in [-0.15, -0.1) is 0 Å². The summed E-state index contributed by atoms with van der Waals surface area (Å²) in [7, 11) is 0. The van der Waals surface area contributed by atoms with E-state index in [0.29, 0.717) is 0 Å². The SMILES string of the molecule is C=CC(=O)Cl.C=CC(=O)OOC(C)(C)C.CC(C)(C)OO.[K+].[OH-]. The molecule has 0 radical (unpaired) electrons. The van der Waals surface area contributed by atoms with Crippen molar-refractivity contribution in [2.45, 2.75) is 52.7 Å². The van der Waals surface area contributed by atoms with Crippen LogP contribution in [-0.2, 0) is 24.3 Å². The van der Waals surface area contributed by atoms with Gasteiger partial charge in [-0.3, -0.25) is 14.9 Å². The van der Waals surface area contributed by atoms with E-state index >= 15 is 0 Å². The molecule has 0 heterocycles. The van der Waals surface area contributed by atoms with Crippen LogP contribution in [-0.4, -0.2) is 33.1 Å². The van der Waals surface area contributed by atoms with E-state index in [-0.39, 0.29) is 56.9 Å². The van der Waals surface area contributed by atoms with E-state index in [2.05, 4.69) is 27.8 Å². The summed E-state index contributed by atoms with van der Waals surface area (Å²) in [6, 6.07) is 0. The van der Waals surface area contributed by atoms with Crippen LogP contribution in [0.5, 0.6) is 0 Å². The van der Waals surface area contributed by atoms with Gasteiger partial charge in [-0.25, -0.2) is 9.68 Å². The van der Waals surface area contributed by atoms with Gasteiger partial charge in [-0.2, -0.15) is 4.89 Å². The number of rotatable bonds is 3. The Morgan fingerprint density at radius 1 is 1.00 bits per heavy atom. The van der Waals surface area contributed by atoms with E-state index in [1.165, 1.54) is 0 Å². The average Bonchev–Trinajstić information content (AvgIpc) is 2.35. The molecule has 0 aliphatic heterocycles. The fraction of sp³-hybridized carbons (Fsp3) is 0.571. The molecule has 9 heteroatoms. The molecule has 0 saturated carbocycles. The molecule has 0 fully saturated rings. The molecule has 0 aromatic rings. The monoisotopic (exact) mass is 380 g/mol. The Kier molecular flexibility index (Phi) is 28.2. The van der Waals surface area contributed by atoms with Gasteiger partial charge in [0.2, 0.25) is 5.24 Å². The van der Waals surface area contributed by atoms with Crippen LogP contribution in [0.25, 0.3) is 0 Å². The molecule has 0 aliphatic rings. The molecule has 0 saturated heterocycles. The minimum absolute atomic E-state index is 0. The molecular weight excluding hydrogens is 355 g/mol. The standard InChI is InChI=1S/C7H12O3.C4H10O2.C3H3ClO.K.H2O/c1-5-6(8)9-10-7(2,3)4;1-4(2,3)6-5;1-2-3(4)5;;/h5H,1H2,2-4H3;5H,1-3H3;2H,1H2;;1H2/q;;;+1;/p-1. The van der Waals surface area contributed by atoms with Crippen LogP contribution in [0.3, 0.4) is 0 Å². The largest absolute Gasteiger partial charge is 1.00 e. The first-order valence-electron chi connectivity index (χ1n) is 5.95. The Hall–Kier alpha value is 0.386. The predicted molar refractivity (Wildman–Crippen MR) is 83.6 cm³/mol. The quantitative estimate of drug-likeness (QED) is 0.249. The van der Waals surface area contributed by atoms with Crippen molar-refractivity contribution < 1.29 is 86.4 Å². The van der Waals surface area contributed by atoms with Crippen molar-refractivity contribution in [3.05, 3.63) is 25.3 Å². The molecule has 0 spiro atoms. The van der Waals surface area contributed by atoms with Crippen molar-refractivity contribution in [3.8, 4) is 0 Å². The Balaban J connectivity index is -0.0000000725. The fourth-order valence-corrected chi connectivity index (χ4v) is 0.200. The van der Waals surface area contributed by atoms with E-state index in [9.17, 15) is 9.59 Å². The van der Waals surface area contributed by atoms with Crippen molar-refractivity contribution in [1.29, 1.82) is 0 Å². The zero-order chi connectivity index (χ0) is 17.7. The molecule has 0 rings (SSSR count). The second-order valence-corrected chi connectivity index (χ2v) is 5.89. The molecule has 23 heavy (non-hydrogen) atoms. The Morgan fingerprint density at radius 2 is 1.30 bits per heavy atom. The van der Waals surface area contributed by atoms with Gasteiger partial charge in [0.15, 0.2) is 0 Å². The van der Waals surface area contributed by atoms with Crippen LogP contribution in [0.4, 0.5) is 0 Å². The second kappa shape index (κ2) is 18.7. The topological polar surface area (TPSA) is 112 Å². The first kappa shape index (κ1) is 34.7. The number of halogens is 1. The molecule has 0 aliphatic carbocycles. The Bertz CT molecular complexity index is 333. The molecule has 0 aromatic heterocycles. The summed E-state index contributed by atoms with van der Waals surface area (Å²) in [6.07, 6.45) is 2.09. The molecule has 0 amide bonds. The number of hydrogen-bond donors (Lipinski definition) is 1. The average molecular weight is 381 g/mol. The zero-order valence-electron chi connectivity index (χ0n) is 14.9. The van der Waals surface area contributed by atoms with Gasteiger partial charge in [0.25, 0.3) is 0 Å². The van der Waals surface area contributed by atoms with Crippen LogP contribution in [0.15, 0.2) is 25.3 Å². The van der Waals surface area contributed by atoms with Gasteiger partial charge in [-0.05, 0) is 59.2 Å². The maximum Gasteiger partial charge on any atom is 1.00 e. The normalized spacial score (nSPS) is 9.22. The van der Waals surface area contributed by atoms with E-state index < -0.39 is 22.4 Å². The summed E-state index contributed by atoms with van der Waals surface area (Å²) >= 11 is 4.71. The first-order valence-corrected chi connectivity index (χ1v) is 6.33. The predicted octanol–water partition coefficient (Wildman–Crippen LogP) is 0.485. The van der Waals surface area contributed by atoms with Crippen LogP contribution in [0, 0.1) is 0 Å². The summed E-state index contributed by atoms with van der Waals surface area (Å²) < 4.78 is 0. The maximum absolute atomic E-state index is 10.4. The van der Waals surface area contributed by atoms with Crippen molar-refractivity contribution >= 4 is 22.8 Å². The number of carbonyl (C=O) groups excluding carboxylic acids is 2. The van der Waals surface area contributed by atoms with E-state index in [1.54, 1.807) is 41.5 Å². The van der Waals surface area contributed by atoms with Crippen molar-refractivity contribution in [2.75, 3.05) is 0 Å². The van der Waals surface area contributed by atoms with Gasteiger partial charge in [0.1, 0.15) is 5.60 Å². The third kappa shape index (κ3) is 51.9. The maximum atomic E-state index is 10.4.